The Hall–Kier alpha value is -2.06. The van der Waals surface area contributed by atoms with E-state index in [1.54, 1.807) is 0 Å². The third kappa shape index (κ3) is 5.55. The first-order valence-corrected chi connectivity index (χ1v) is 11.9. The van der Waals surface area contributed by atoms with Gasteiger partial charge in [0, 0.05) is 50.2 Å². The monoisotopic (exact) mass is 430 g/mol. The van der Waals surface area contributed by atoms with Crippen LogP contribution in [-0.4, -0.2) is 90.0 Å². The van der Waals surface area contributed by atoms with Gasteiger partial charge in [0.25, 0.3) is 5.91 Å². The Morgan fingerprint density at radius 3 is 2.33 bits per heavy atom. The summed E-state index contributed by atoms with van der Waals surface area (Å²) in [5.74, 6) is 0.613. The van der Waals surface area contributed by atoms with Crippen molar-refractivity contribution in [3.63, 3.8) is 0 Å². The number of benzene rings is 1. The average molecular weight is 431 g/mol. The van der Waals surface area contributed by atoms with Gasteiger partial charge in [-0.15, -0.1) is 11.8 Å². The molecule has 0 spiro atoms. The molecule has 162 valence electrons. The van der Waals surface area contributed by atoms with Gasteiger partial charge in [-0.2, -0.15) is 0 Å². The van der Waals surface area contributed by atoms with E-state index in [2.05, 4.69) is 10.2 Å². The molecule has 3 fully saturated rings. The number of carbonyl (C=O) groups is 3. The maximum absolute atomic E-state index is 13.1. The fourth-order valence-corrected chi connectivity index (χ4v) is 4.90. The first kappa shape index (κ1) is 21.2. The Kier molecular flexibility index (Phi) is 6.94. The molecular formula is C22H30N4O3S. The molecular weight excluding hydrogens is 400 g/mol. The molecule has 1 saturated carbocycles. The third-order valence-electron chi connectivity index (χ3n) is 5.90. The highest BCUT2D eigenvalue weighted by molar-refractivity contribution is 8.00. The normalized spacial score (nSPS) is 19.7. The summed E-state index contributed by atoms with van der Waals surface area (Å²) < 4.78 is 0. The second kappa shape index (κ2) is 9.83. The van der Waals surface area contributed by atoms with Gasteiger partial charge in [0.2, 0.25) is 11.8 Å². The summed E-state index contributed by atoms with van der Waals surface area (Å²) in [6, 6.07) is 7.94. The van der Waals surface area contributed by atoms with Gasteiger partial charge in [-0.1, -0.05) is 12.1 Å². The molecule has 2 aliphatic heterocycles. The van der Waals surface area contributed by atoms with Crippen LogP contribution in [0.3, 0.4) is 0 Å². The van der Waals surface area contributed by atoms with E-state index in [-0.39, 0.29) is 17.7 Å². The number of nitrogens with zero attached hydrogens (tertiary/aromatic N) is 3. The molecule has 4 rings (SSSR count). The van der Waals surface area contributed by atoms with Gasteiger partial charge in [0.15, 0.2) is 0 Å². The van der Waals surface area contributed by atoms with Crippen LogP contribution in [0, 0.1) is 0 Å². The van der Waals surface area contributed by atoms with Crippen molar-refractivity contribution < 1.29 is 14.4 Å². The van der Waals surface area contributed by atoms with Crippen molar-refractivity contribution in [3.05, 3.63) is 29.8 Å². The molecule has 1 aromatic rings. The molecule has 7 nitrogen and oxygen atoms in total. The molecule has 0 radical (unpaired) electrons. The summed E-state index contributed by atoms with van der Waals surface area (Å²) in [5, 5.41) is 3.02. The average Bonchev–Trinajstić information content (AvgIpc) is 3.39. The van der Waals surface area contributed by atoms with Crippen LogP contribution in [0.25, 0.3) is 0 Å². The summed E-state index contributed by atoms with van der Waals surface area (Å²) in [7, 11) is 0. The second-order valence-corrected chi connectivity index (χ2v) is 9.30. The zero-order chi connectivity index (χ0) is 20.9. The number of nitrogens with one attached hydrogen (secondary N) is 1. The molecule has 8 heteroatoms. The van der Waals surface area contributed by atoms with Crippen LogP contribution in [0.4, 0.5) is 0 Å². The lowest BCUT2D eigenvalue weighted by molar-refractivity contribution is -0.127. The summed E-state index contributed by atoms with van der Waals surface area (Å²) in [6.07, 6.45) is 4.35. The maximum Gasteiger partial charge on any atom is 0.255 e. The minimum absolute atomic E-state index is 0.00815. The number of hydrogen-bond acceptors (Lipinski definition) is 5. The molecule has 30 heavy (non-hydrogen) atoms. The molecule has 0 atom stereocenters. The number of hydrogen-bond donors (Lipinski definition) is 1. The van der Waals surface area contributed by atoms with Crippen molar-refractivity contribution in [3.8, 4) is 0 Å². The maximum atomic E-state index is 13.1. The number of carbonyl (C=O) groups excluding carboxylic acids is 3. The Balaban J connectivity index is 1.29. The number of amides is 3. The van der Waals surface area contributed by atoms with E-state index >= 15 is 0 Å². The molecule has 1 N–H and O–H groups in total. The lowest BCUT2D eigenvalue weighted by atomic mass is 10.2. The Labute approximate surface area is 182 Å². The lowest BCUT2D eigenvalue weighted by Gasteiger charge is -2.34. The highest BCUT2D eigenvalue weighted by Crippen LogP contribution is 2.25. The first-order valence-electron chi connectivity index (χ1n) is 10.9. The smallest absolute Gasteiger partial charge is 0.255 e. The van der Waals surface area contributed by atoms with Gasteiger partial charge in [-0.3, -0.25) is 19.3 Å². The SMILES string of the molecule is O=C(CN1CCN(C(=O)c2ccccc2SCC(=O)N2CCCC2)CC1)NC1CC1. The van der Waals surface area contributed by atoms with E-state index in [1.165, 1.54) is 11.8 Å². The summed E-state index contributed by atoms with van der Waals surface area (Å²) >= 11 is 1.45. The van der Waals surface area contributed by atoms with E-state index < -0.39 is 0 Å². The molecule has 0 bridgehead atoms. The van der Waals surface area contributed by atoms with Crippen LogP contribution in [0.1, 0.15) is 36.0 Å². The van der Waals surface area contributed by atoms with E-state index in [9.17, 15) is 14.4 Å². The number of rotatable bonds is 7. The van der Waals surface area contributed by atoms with E-state index in [0.29, 0.717) is 50.1 Å². The quantitative estimate of drug-likeness (QED) is 0.663. The molecule has 2 heterocycles. The van der Waals surface area contributed by atoms with Gasteiger partial charge >= 0.3 is 0 Å². The number of piperazine rings is 1. The molecule has 2 saturated heterocycles. The zero-order valence-electron chi connectivity index (χ0n) is 17.3. The van der Waals surface area contributed by atoms with Crippen LogP contribution in [0.2, 0.25) is 0 Å². The molecule has 1 aliphatic carbocycles. The van der Waals surface area contributed by atoms with Crippen LogP contribution in [0.15, 0.2) is 29.2 Å². The van der Waals surface area contributed by atoms with Gasteiger partial charge in [0.05, 0.1) is 17.9 Å². The summed E-state index contributed by atoms with van der Waals surface area (Å²) in [5.41, 5.74) is 0.664. The van der Waals surface area contributed by atoms with Gasteiger partial charge < -0.3 is 15.1 Å². The predicted molar refractivity (Wildman–Crippen MR) is 116 cm³/mol. The van der Waals surface area contributed by atoms with Gasteiger partial charge in [-0.05, 0) is 37.8 Å². The lowest BCUT2D eigenvalue weighted by Crippen LogP contribution is -2.51. The molecule has 3 amide bonds. The van der Waals surface area contributed by atoms with Crippen LogP contribution < -0.4 is 5.32 Å². The van der Waals surface area contributed by atoms with E-state index in [1.807, 2.05) is 34.1 Å². The topological polar surface area (TPSA) is 73.0 Å². The largest absolute Gasteiger partial charge is 0.352 e. The highest BCUT2D eigenvalue weighted by Gasteiger charge is 2.27. The highest BCUT2D eigenvalue weighted by atomic mass is 32.2. The van der Waals surface area contributed by atoms with Crippen LogP contribution in [0.5, 0.6) is 0 Å². The van der Waals surface area contributed by atoms with Crippen molar-refractivity contribution in [2.45, 2.75) is 36.6 Å². The van der Waals surface area contributed by atoms with Crippen molar-refractivity contribution in [1.29, 1.82) is 0 Å². The summed E-state index contributed by atoms with van der Waals surface area (Å²) in [4.78, 5) is 44.2. The standard InChI is InChI=1S/C22H30N4O3S/c27-20(23-17-7-8-17)15-24-11-13-26(14-12-24)22(29)18-5-1-2-6-19(18)30-16-21(28)25-9-3-4-10-25/h1-2,5-6,17H,3-4,7-16H2,(H,23,27). The summed E-state index contributed by atoms with van der Waals surface area (Å²) in [6.45, 7) is 4.73. The van der Waals surface area contributed by atoms with E-state index in [4.69, 9.17) is 0 Å². The molecule has 0 aromatic heterocycles. The Bertz CT molecular complexity index is 784. The van der Waals surface area contributed by atoms with E-state index in [0.717, 1.165) is 43.7 Å². The fraction of sp³-hybridized carbons (Fsp3) is 0.591. The van der Waals surface area contributed by atoms with Crippen molar-refractivity contribution in [1.82, 2.24) is 20.0 Å². The molecule has 1 aromatic carbocycles. The molecule has 0 unspecified atom stereocenters. The van der Waals surface area contributed by atoms with Crippen LogP contribution in [-0.2, 0) is 9.59 Å². The molecule has 3 aliphatic rings. The van der Waals surface area contributed by atoms with Crippen LogP contribution >= 0.6 is 11.8 Å². The fourth-order valence-electron chi connectivity index (χ4n) is 3.95. The van der Waals surface area contributed by atoms with Gasteiger partial charge in [-0.25, -0.2) is 0 Å². The first-order chi connectivity index (χ1) is 14.6. The number of thioether (sulfide) groups is 1. The second-order valence-electron chi connectivity index (χ2n) is 8.28. The zero-order valence-corrected chi connectivity index (χ0v) is 18.2. The van der Waals surface area contributed by atoms with Gasteiger partial charge in [0.1, 0.15) is 0 Å². The Morgan fingerprint density at radius 1 is 0.933 bits per heavy atom. The Morgan fingerprint density at radius 2 is 1.63 bits per heavy atom. The predicted octanol–water partition coefficient (Wildman–Crippen LogP) is 1.44. The number of likely N-dealkylation sites (tertiary alicyclic amines) is 1. The van der Waals surface area contributed by atoms with Crippen molar-refractivity contribution >= 4 is 29.5 Å². The third-order valence-corrected chi connectivity index (χ3v) is 6.95. The van der Waals surface area contributed by atoms with Crippen molar-refractivity contribution in [2.75, 3.05) is 51.6 Å². The minimum atomic E-state index is 0.00815. The minimum Gasteiger partial charge on any atom is -0.352 e. The van der Waals surface area contributed by atoms with Crippen molar-refractivity contribution in [2.24, 2.45) is 0 Å².